The largest absolute Gasteiger partial charge is 0.396 e. The van der Waals surface area contributed by atoms with Crippen LogP contribution in [0.25, 0.3) is 0 Å². The van der Waals surface area contributed by atoms with Crippen LogP contribution in [0.5, 0.6) is 0 Å². The molecule has 0 rings (SSSR count). The molecule has 0 aromatic rings. The van der Waals surface area contributed by atoms with Crippen LogP contribution in [-0.2, 0) is 4.74 Å². The highest BCUT2D eigenvalue weighted by atomic mass is 16.5. The molecule has 3 nitrogen and oxygen atoms in total. The number of unbranched alkanes of at least 4 members (excludes halogenated alkanes) is 1. The number of ether oxygens (including phenoxy) is 1. The third-order valence-corrected chi connectivity index (χ3v) is 0.951. The first-order valence-corrected chi connectivity index (χ1v) is 4.12. The third kappa shape index (κ3) is 25.8. The molecule has 0 radical (unpaired) electrons. The normalized spacial score (nSPS) is 8.73. The molecule has 70 valence electrons. The van der Waals surface area contributed by atoms with Gasteiger partial charge in [-0.25, -0.2) is 0 Å². The molecule has 0 saturated carbocycles. The SMILES string of the molecule is CCCCO.CCOCCO. The Morgan fingerprint density at radius 2 is 1.73 bits per heavy atom. The van der Waals surface area contributed by atoms with Crippen molar-refractivity contribution in [3.63, 3.8) is 0 Å². The number of rotatable bonds is 5. The first-order chi connectivity index (χ1) is 5.33. The Bertz CT molecular complexity index is 42.6. The molecule has 0 aromatic carbocycles. The van der Waals surface area contributed by atoms with Crippen LogP contribution in [0, 0.1) is 0 Å². The van der Waals surface area contributed by atoms with Crippen LogP contribution in [0.3, 0.4) is 0 Å². The van der Waals surface area contributed by atoms with Crippen molar-refractivity contribution in [3.8, 4) is 0 Å². The van der Waals surface area contributed by atoms with E-state index in [-0.39, 0.29) is 6.61 Å². The quantitative estimate of drug-likeness (QED) is 0.591. The lowest BCUT2D eigenvalue weighted by atomic mass is 10.4. The summed E-state index contributed by atoms with van der Waals surface area (Å²) in [6.07, 6.45) is 2.04. The van der Waals surface area contributed by atoms with Crippen molar-refractivity contribution in [2.75, 3.05) is 26.4 Å². The fourth-order valence-corrected chi connectivity index (χ4v) is 0.367. The van der Waals surface area contributed by atoms with Gasteiger partial charge in [-0.1, -0.05) is 13.3 Å². The fourth-order valence-electron chi connectivity index (χ4n) is 0.367. The molecule has 0 aliphatic heterocycles. The second-order valence-electron chi connectivity index (χ2n) is 2.00. The van der Waals surface area contributed by atoms with Gasteiger partial charge in [0, 0.05) is 13.2 Å². The average Bonchev–Trinajstić information content (AvgIpc) is 2.04. The molecule has 0 saturated heterocycles. The Labute approximate surface area is 69.0 Å². The Hall–Kier alpha value is -0.120. The van der Waals surface area contributed by atoms with Gasteiger partial charge >= 0.3 is 0 Å². The van der Waals surface area contributed by atoms with Crippen LogP contribution < -0.4 is 0 Å². The maximum Gasteiger partial charge on any atom is 0.0697 e. The van der Waals surface area contributed by atoms with Crippen molar-refractivity contribution < 1.29 is 14.9 Å². The minimum atomic E-state index is 0.133. The standard InChI is InChI=1S/C4H10O2.C4H10O/c1-2-6-4-3-5;1-2-3-4-5/h5H,2-4H2,1H3;5H,2-4H2,1H3. The Morgan fingerprint density at radius 3 is 1.82 bits per heavy atom. The van der Waals surface area contributed by atoms with Crippen molar-refractivity contribution in [2.24, 2.45) is 0 Å². The molecule has 0 bridgehead atoms. The van der Waals surface area contributed by atoms with E-state index in [1.165, 1.54) is 0 Å². The molecule has 3 heteroatoms. The summed E-state index contributed by atoms with van der Waals surface area (Å²) >= 11 is 0. The lowest BCUT2D eigenvalue weighted by Gasteiger charge is -1.91. The number of aliphatic hydroxyl groups excluding tert-OH is 2. The zero-order valence-electron chi connectivity index (χ0n) is 7.55. The second kappa shape index (κ2) is 16.5. The molecule has 0 spiro atoms. The highest BCUT2D eigenvalue weighted by molar-refractivity contribution is 4.23. The Balaban J connectivity index is 0. The molecule has 11 heavy (non-hydrogen) atoms. The molecule has 0 aliphatic rings. The van der Waals surface area contributed by atoms with E-state index in [9.17, 15) is 0 Å². The molecule has 0 aliphatic carbocycles. The van der Waals surface area contributed by atoms with E-state index >= 15 is 0 Å². The molecule has 0 amide bonds. The Morgan fingerprint density at radius 1 is 1.09 bits per heavy atom. The molecule has 0 atom stereocenters. The summed E-state index contributed by atoms with van der Waals surface area (Å²) in [6, 6.07) is 0. The zero-order valence-corrected chi connectivity index (χ0v) is 7.55. The first-order valence-electron chi connectivity index (χ1n) is 4.12. The van der Waals surface area contributed by atoms with Gasteiger partial charge in [0.2, 0.25) is 0 Å². The maximum atomic E-state index is 8.07. The average molecular weight is 164 g/mol. The van der Waals surface area contributed by atoms with E-state index in [1.54, 1.807) is 0 Å². The molecule has 2 N–H and O–H groups in total. The minimum absolute atomic E-state index is 0.133. The van der Waals surface area contributed by atoms with Crippen LogP contribution in [0.4, 0.5) is 0 Å². The molecule has 0 heterocycles. The van der Waals surface area contributed by atoms with Gasteiger partial charge < -0.3 is 14.9 Å². The second-order valence-corrected chi connectivity index (χ2v) is 2.00. The lowest BCUT2D eigenvalue weighted by Crippen LogP contribution is -1.96. The predicted molar refractivity (Wildman–Crippen MR) is 45.6 cm³/mol. The molecule has 0 fully saturated rings. The third-order valence-electron chi connectivity index (χ3n) is 0.951. The van der Waals surface area contributed by atoms with Crippen molar-refractivity contribution in [3.05, 3.63) is 0 Å². The lowest BCUT2D eigenvalue weighted by molar-refractivity contribution is 0.102. The summed E-state index contributed by atoms with van der Waals surface area (Å²) in [5.41, 5.74) is 0. The van der Waals surface area contributed by atoms with Crippen molar-refractivity contribution in [1.29, 1.82) is 0 Å². The van der Waals surface area contributed by atoms with Crippen molar-refractivity contribution in [2.45, 2.75) is 26.7 Å². The van der Waals surface area contributed by atoms with E-state index < -0.39 is 0 Å². The topological polar surface area (TPSA) is 49.7 Å². The van der Waals surface area contributed by atoms with Gasteiger partial charge in [0.05, 0.1) is 13.2 Å². The van der Waals surface area contributed by atoms with Crippen LogP contribution in [0.2, 0.25) is 0 Å². The van der Waals surface area contributed by atoms with Crippen molar-refractivity contribution >= 4 is 0 Å². The number of hydrogen-bond acceptors (Lipinski definition) is 3. The summed E-state index contributed by atoms with van der Waals surface area (Å²) in [4.78, 5) is 0. The van der Waals surface area contributed by atoms with E-state index in [1.807, 2.05) is 6.92 Å². The van der Waals surface area contributed by atoms with Gasteiger partial charge in [0.25, 0.3) is 0 Å². The van der Waals surface area contributed by atoms with E-state index in [0.29, 0.717) is 19.8 Å². The van der Waals surface area contributed by atoms with Crippen LogP contribution in [0.15, 0.2) is 0 Å². The monoisotopic (exact) mass is 164 g/mol. The smallest absolute Gasteiger partial charge is 0.0697 e. The number of aliphatic hydroxyl groups is 2. The highest BCUT2D eigenvalue weighted by Crippen LogP contribution is 1.78. The Kier molecular flexibility index (Phi) is 20.2. The van der Waals surface area contributed by atoms with Gasteiger partial charge in [-0.2, -0.15) is 0 Å². The maximum absolute atomic E-state index is 8.07. The molecular weight excluding hydrogens is 144 g/mol. The van der Waals surface area contributed by atoms with Gasteiger partial charge in [0.1, 0.15) is 0 Å². The summed E-state index contributed by atoms with van der Waals surface area (Å²) in [6.45, 7) is 5.59. The summed E-state index contributed by atoms with van der Waals surface area (Å²) in [5.74, 6) is 0. The molecular formula is C8H20O3. The number of hydrogen-bond donors (Lipinski definition) is 2. The van der Waals surface area contributed by atoms with Gasteiger partial charge in [-0.05, 0) is 13.3 Å². The van der Waals surface area contributed by atoms with E-state index in [0.717, 1.165) is 12.8 Å². The highest BCUT2D eigenvalue weighted by Gasteiger charge is 1.73. The minimum Gasteiger partial charge on any atom is -0.396 e. The van der Waals surface area contributed by atoms with E-state index in [2.05, 4.69) is 6.92 Å². The first kappa shape index (κ1) is 13.5. The fraction of sp³-hybridized carbons (Fsp3) is 1.00. The van der Waals surface area contributed by atoms with Crippen LogP contribution in [0.1, 0.15) is 26.7 Å². The van der Waals surface area contributed by atoms with Gasteiger partial charge in [-0.15, -0.1) is 0 Å². The van der Waals surface area contributed by atoms with Crippen molar-refractivity contribution in [1.82, 2.24) is 0 Å². The summed E-state index contributed by atoms with van der Waals surface area (Å²) in [7, 11) is 0. The van der Waals surface area contributed by atoms with E-state index in [4.69, 9.17) is 14.9 Å². The van der Waals surface area contributed by atoms with Gasteiger partial charge in [0.15, 0.2) is 0 Å². The van der Waals surface area contributed by atoms with Crippen LogP contribution >= 0.6 is 0 Å². The van der Waals surface area contributed by atoms with Gasteiger partial charge in [-0.3, -0.25) is 0 Å². The van der Waals surface area contributed by atoms with Crippen LogP contribution in [-0.4, -0.2) is 36.6 Å². The molecule has 0 aromatic heterocycles. The summed E-state index contributed by atoms with van der Waals surface area (Å²) in [5, 5.41) is 16.1. The zero-order chi connectivity index (χ0) is 8.95. The summed E-state index contributed by atoms with van der Waals surface area (Å²) < 4.78 is 4.73. The molecule has 0 unspecified atom stereocenters. The predicted octanol–water partition coefficient (Wildman–Crippen LogP) is 0.794.